The van der Waals surface area contributed by atoms with E-state index in [1.54, 1.807) is 5.57 Å². The van der Waals surface area contributed by atoms with Crippen LogP contribution in [-0.4, -0.2) is 52.0 Å². The molecular formula is C25H31N3O. The van der Waals surface area contributed by atoms with E-state index in [0.29, 0.717) is 24.4 Å². The highest BCUT2D eigenvalue weighted by Crippen LogP contribution is 2.45. The van der Waals surface area contributed by atoms with Gasteiger partial charge in [0.2, 0.25) is 5.91 Å². The van der Waals surface area contributed by atoms with Crippen molar-refractivity contribution in [2.24, 2.45) is 11.8 Å². The summed E-state index contributed by atoms with van der Waals surface area (Å²) in [6.07, 6.45) is 12.4. The topological polar surface area (TPSA) is 28.5 Å². The molecule has 3 fully saturated rings. The number of piperidine rings is 3. The molecule has 0 radical (unpaired) electrons. The first-order chi connectivity index (χ1) is 14.3. The van der Waals surface area contributed by atoms with E-state index in [0.717, 1.165) is 30.4 Å². The number of carbonyl (C=O) groups excluding carboxylic acids is 1. The van der Waals surface area contributed by atoms with Gasteiger partial charge in [0, 0.05) is 30.8 Å². The number of para-hydroxylation sites is 1. The number of rotatable bonds is 2. The molecular weight excluding hydrogens is 358 g/mol. The molecule has 6 rings (SSSR count). The monoisotopic (exact) mass is 389 g/mol. The molecule has 0 N–H and O–H groups in total. The summed E-state index contributed by atoms with van der Waals surface area (Å²) in [6.45, 7) is 3.83. The van der Waals surface area contributed by atoms with Crippen LogP contribution in [0, 0.1) is 11.8 Å². The Hall–Kier alpha value is -2.07. The Morgan fingerprint density at radius 2 is 2.00 bits per heavy atom. The van der Waals surface area contributed by atoms with Gasteiger partial charge in [0.05, 0.1) is 6.04 Å². The van der Waals surface area contributed by atoms with E-state index in [9.17, 15) is 4.79 Å². The normalized spacial score (nSPS) is 31.9. The third-order valence-electron chi connectivity index (χ3n) is 7.96. The van der Waals surface area contributed by atoms with Crippen LogP contribution in [0.4, 0.5) is 0 Å². The number of aromatic nitrogens is 1. The van der Waals surface area contributed by atoms with Crippen molar-refractivity contribution in [3.05, 3.63) is 48.2 Å². The molecule has 1 amide bonds. The van der Waals surface area contributed by atoms with Gasteiger partial charge in [-0.25, -0.2) is 0 Å². The molecule has 2 bridgehead atoms. The fourth-order valence-electron chi connectivity index (χ4n) is 6.77. The number of fused-ring (bicyclic) bond motifs is 7. The van der Waals surface area contributed by atoms with E-state index in [2.05, 4.69) is 57.0 Å². The maximum atomic E-state index is 13.5. The molecule has 0 spiro atoms. The van der Waals surface area contributed by atoms with Crippen molar-refractivity contribution in [3.8, 4) is 0 Å². The lowest BCUT2D eigenvalue weighted by Gasteiger charge is -2.54. The second-order valence-corrected chi connectivity index (χ2v) is 9.60. The molecule has 4 nitrogen and oxygen atoms in total. The van der Waals surface area contributed by atoms with Crippen molar-refractivity contribution in [3.63, 3.8) is 0 Å². The zero-order chi connectivity index (χ0) is 19.4. The number of carbonyl (C=O) groups is 1. The Labute approximate surface area is 173 Å². The van der Waals surface area contributed by atoms with Gasteiger partial charge in [-0.3, -0.25) is 9.69 Å². The van der Waals surface area contributed by atoms with E-state index >= 15 is 0 Å². The van der Waals surface area contributed by atoms with Gasteiger partial charge >= 0.3 is 0 Å². The van der Waals surface area contributed by atoms with Crippen LogP contribution in [-0.2, 0) is 11.3 Å². The maximum Gasteiger partial charge on any atom is 0.243 e. The van der Waals surface area contributed by atoms with Crippen LogP contribution in [0.3, 0.4) is 0 Å². The Kier molecular flexibility index (Phi) is 4.30. The molecule has 1 aliphatic carbocycles. The third kappa shape index (κ3) is 2.95. The van der Waals surface area contributed by atoms with Crippen LogP contribution in [0.5, 0.6) is 0 Å². The first kappa shape index (κ1) is 17.8. The van der Waals surface area contributed by atoms with E-state index in [4.69, 9.17) is 0 Å². The minimum Gasteiger partial charge on any atom is -0.338 e. The maximum absolute atomic E-state index is 13.5. The van der Waals surface area contributed by atoms with Crippen molar-refractivity contribution in [2.45, 2.75) is 57.2 Å². The minimum absolute atomic E-state index is 0.293. The summed E-state index contributed by atoms with van der Waals surface area (Å²) >= 11 is 0. The highest BCUT2D eigenvalue weighted by molar-refractivity contribution is 5.83. The lowest BCUT2D eigenvalue weighted by Crippen LogP contribution is -2.60. The van der Waals surface area contributed by atoms with Crippen LogP contribution in [0.25, 0.3) is 10.9 Å². The molecule has 152 valence electrons. The summed E-state index contributed by atoms with van der Waals surface area (Å²) < 4.78 is 2.13. The molecule has 1 aromatic heterocycles. The average Bonchev–Trinajstić information content (AvgIpc) is 3.16. The zero-order valence-electron chi connectivity index (χ0n) is 17.2. The van der Waals surface area contributed by atoms with Crippen LogP contribution in [0.2, 0.25) is 0 Å². The molecule has 3 aliphatic heterocycles. The third-order valence-corrected chi connectivity index (χ3v) is 7.96. The second-order valence-electron chi connectivity index (χ2n) is 9.60. The molecule has 4 aliphatic rings. The van der Waals surface area contributed by atoms with Crippen LogP contribution >= 0.6 is 0 Å². The number of likely N-dealkylation sites (tertiary alicyclic amines) is 1. The summed E-state index contributed by atoms with van der Waals surface area (Å²) in [4.78, 5) is 18.5. The summed E-state index contributed by atoms with van der Waals surface area (Å²) in [5.74, 6) is 1.64. The molecule has 2 aromatic rings. The summed E-state index contributed by atoms with van der Waals surface area (Å²) in [5.41, 5.74) is 2.74. The van der Waals surface area contributed by atoms with Crippen LogP contribution in [0.15, 0.2) is 48.2 Å². The van der Waals surface area contributed by atoms with Gasteiger partial charge in [-0.15, -0.1) is 0 Å². The summed E-state index contributed by atoms with van der Waals surface area (Å²) in [6, 6.07) is 11.6. The number of hydrogen-bond acceptors (Lipinski definition) is 2. The van der Waals surface area contributed by atoms with Gasteiger partial charge in [0.25, 0.3) is 0 Å². The molecule has 4 heterocycles. The summed E-state index contributed by atoms with van der Waals surface area (Å²) in [5, 5.41) is 1.21. The summed E-state index contributed by atoms with van der Waals surface area (Å²) in [7, 11) is 0. The molecule has 0 unspecified atom stereocenters. The number of nitrogens with zero attached hydrogens (tertiary/aromatic N) is 3. The fourth-order valence-corrected chi connectivity index (χ4v) is 6.77. The fraction of sp³-hybridized carbons (Fsp3) is 0.560. The van der Waals surface area contributed by atoms with Gasteiger partial charge in [0.1, 0.15) is 6.54 Å². The lowest BCUT2D eigenvalue weighted by atomic mass is 9.68. The van der Waals surface area contributed by atoms with Crippen LogP contribution < -0.4 is 0 Å². The van der Waals surface area contributed by atoms with E-state index in [-0.39, 0.29) is 0 Å². The number of benzene rings is 1. The SMILES string of the molecule is O=C(Cn1ccc2ccccc21)N1CCCC2=C[C@H]3C[C@@H](CN4CCCC[C@H]34)[C@@H]21. The van der Waals surface area contributed by atoms with Crippen molar-refractivity contribution in [1.82, 2.24) is 14.4 Å². The number of hydrogen-bond donors (Lipinski definition) is 0. The molecule has 1 aromatic carbocycles. The average molecular weight is 390 g/mol. The van der Waals surface area contributed by atoms with E-state index < -0.39 is 0 Å². The standard InChI is InChI=1S/C25H31N3O/c29-24(17-27-13-10-18-6-1-2-8-22(18)27)28-12-5-7-19-14-20-15-21(25(19)28)16-26-11-4-3-9-23(20)26/h1-2,6,8,10,13-14,20-21,23,25H,3-5,7,9,11-12,15-17H2/t20-,21-,23+,25+/m0/s1. The van der Waals surface area contributed by atoms with Gasteiger partial charge < -0.3 is 9.47 Å². The smallest absolute Gasteiger partial charge is 0.243 e. The molecule has 3 saturated heterocycles. The van der Waals surface area contributed by atoms with Crippen molar-refractivity contribution in [1.29, 1.82) is 0 Å². The largest absolute Gasteiger partial charge is 0.338 e. The van der Waals surface area contributed by atoms with Crippen molar-refractivity contribution >= 4 is 16.8 Å². The first-order valence-corrected chi connectivity index (χ1v) is 11.6. The second kappa shape index (κ2) is 7.02. The molecule has 4 atom stereocenters. The highest BCUT2D eigenvalue weighted by atomic mass is 16.2. The van der Waals surface area contributed by atoms with E-state index in [1.807, 2.05) is 0 Å². The van der Waals surface area contributed by atoms with E-state index in [1.165, 1.54) is 50.6 Å². The molecule has 0 saturated carbocycles. The predicted molar refractivity (Wildman–Crippen MR) is 116 cm³/mol. The zero-order valence-corrected chi connectivity index (χ0v) is 17.2. The van der Waals surface area contributed by atoms with Gasteiger partial charge in [-0.05, 0) is 68.0 Å². The lowest BCUT2D eigenvalue weighted by molar-refractivity contribution is -0.136. The van der Waals surface area contributed by atoms with Gasteiger partial charge in [0.15, 0.2) is 0 Å². The molecule has 29 heavy (non-hydrogen) atoms. The molecule has 4 heteroatoms. The van der Waals surface area contributed by atoms with Gasteiger partial charge in [-0.2, -0.15) is 0 Å². The Morgan fingerprint density at radius 1 is 1.07 bits per heavy atom. The Balaban J connectivity index is 1.27. The Bertz CT molecular complexity index is 960. The highest BCUT2D eigenvalue weighted by Gasteiger charge is 2.46. The van der Waals surface area contributed by atoms with Gasteiger partial charge in [-0.1, -0.05) is 36.3 Å². The number of amides is 1. The Morgan fingerprint density at radius 3 is 2.97 bits per heavy atom. The minimum atomic E-state index is 0.293. The first-order valence-electron chi connectivity index (χ1n) is 11.6. The van der Waals surface area contributed by atoms with Crippen molar-refractivity contribution < 1.29 is 4.79 Å². The predicted octanol–water partition coefficient (Wildman–Crippen LogP) is 4.06. The van der Waals surface area contributed by atoms with Crippen LogP contribution in [0.1, 0.15) is 38.5 Å². The van der Waals surface area contributed by atoms with Crippen molar-refractivity contribution in [2.75, 3.05) is 19.6 Å². The quantitative estimate of drug-likeness (QED) is 0.725.